The molecule has 1 fully saturated rings. The summed E-state index contributed by atoms with van der Waals surface area (Å²) in [7, 11) is 1.45. The molecule has 0 aromatic rings. The second-order valence-corrected chi connectivity index (χ2v) is 3.50. The first kappa shape index (κ1) is 10.5. The second-order valence-electron chi connectivity index (χ2n) is 3.50. The minimum absolute atomic E-state index is 0.0590. The summed E-state index contributed by atoms with van der Waals surface area (Å²) >= 11 is 0. The van der Waals surface area contributed by atoms with Crippen LogP contribution in [0.25, 0.3) is 0 Å². The van der Waals surface area contributed by atoms with Gasteiger partial charge in [0.05, 0.1) is 0 Å². The molecule has 0 aromatic heterocycles. The highest BCUT2D eigenvalue weighted by Gasteiger charge is 2.42. The van der Waals surface area contributed by atoms with Crippen molar-refractivity contribution in [2.45, 2.75) is 25.4 Å². The van der Waals surface area contributed by atoms with Crippen LogP contribution in [0.15, 0.2) is 0 Å². The first-order valence-electron chi connectivity index (χ1n) is 4.47. The number of ether oxygens (including phenoxy) is 2. The third kappa shape index (κ3) is 2.00. The van der Waals surface area contributed by atoms with E-state index in [4.69, 9.17) is 14.6 Å². The van der Waals surface area contributed by atoms with E-state index in [1.807, 2.05) is 0 Å². The lowest BCUT2D eigenvalue weighted by Crippen LogP contribution is -2.46. The molecule has 4 heteroatoms. The fourth-order valence-electron chi connectivity index (χ4n) is 1.68. The van der Waals surface area contributed by atoms with Gasteiger partial charge in [0, 0.05) is 26.2 Å². The number of methoxy groups -OCH3 is 1. The van der Waals surface area contributed by atoms with Crippen LogP contribution in [0.2, 0.25) is 0 Å². The average Bonchev–Trinajstić information content (AvgIpc) is 2.17. The summed E-state index contributed by atoms with van der Waals surface area (Å²) in [5.74, 6) is -0.828. The van der Waals surface area contributed by atoms with Crippen molar-refractivity contribution in [1.82, 2.24) is 0 Å². The standard InChI is InChI=1S/C9H16O4/c1-9(12-2,8(10)11)7-3-5-13-6-4-7/h7H,3-6H2,1-2H3,(H,10,11). The van der Waals surface area contributed by atoms with Crippen LogP contribution in [0.3, 0.4) is 0 Å². The summed E-state index contributed by atoms with van der Waals surface area (Å²) in [6.07, 6.45) is 1.52. The Morgan fingerprint density at radius 2 is 2.08 bits per heavy atom. The topological polar surface area (TPSA) is 55.8 Å². The van der Waals surface area contributed by atoms with Crippen LogP contribution in [0.5, 0.6) is 0 Å². The summed E-state index contributed by atoms with van der Waals surface area (Å²) in [6, 6.07) is 0. The molecule has 76 valence electrons. The molecule has 1 rings (SSSR count). The predicted octanol–water partition coefficient (Wildman–Crippen LogP) is 0.903. The molecule has 0 spiro atoms. The number of carbonyl (C=O) groups is 1. The molecule has 1 aliphatic rings. The Kier molecular flexibility index (Phi) is 3.27. The van der Waals surface area contributed by atoms with Gasteiger partial charge in [-0.25, -0.2) is 4.79 Å². The first-order valence-corrected chi connectivity index (χ1v) is 4.47. The van der Waals surface area contributed by atoms with Crippen LogP contribution >= 0.6 is 0 Å². The highest BCUT2D eigenvalue weighted by atomic mass is 16.5. The molecule has 0 amide bonds. The summed E-state index contributed by atoms with van der Waals surface area (Å²) in [5, 5.41) is 9.02. The van der Waals surface area contributed by atoms with E-state index in [0.717, 1.165) is 12.8 Å². The van der Waals surface area contributed by atoms with Gasteiger partial charge >= 0.3 is 5.97 Å². The first-order chi connectivity index (χ1) is 6.11. The minimum atomic E-state index is -1.05. The number of aliphatic carboxylic acids is 1. The van der Waals surface area contributed by atoms with Crippen LogP contribution in [0.1, 0.15) is 19.8 Å². The van der Waals surface area contributed by atoms with Crippen molar-refractivity contribution in [3.8, 4) is 0 Å². The molecule has 0 aliphatic carbocycles. The van der Waals surface area contributed by atoms with Crippen molar-refractivity contribution in [1.29, 1.82) is 0 Å². The van der Waals surface area contributed by atoms with Gasteiger partial charge in [-0.3, -0.25) is 0 Å². The molecular weight excluding hydrogens is 172 g/mol. The van der Waals surface area contributed by atoms with Crippen molar-refractivity contribution in [2.24, 2.45) is 5.92 Å². The van der Waals surface area contributed by atoms with Crippen molar-refractivity contribution >= 4 is 5.97 Å². The molecule has 0 bridgehead atoms. The van der Waals surface area contributed by atoms with E-state index in [1.165, 1.54) is 7.11 Å². The summed E-state index contributed by atoms with van der Waals surface area (Å²) in [4.78, 5) is 11.0. The Hall–Kier alpha value is -0.610. The lowest BCUT2D eigenvalue weighted by molar-refractivity contribution is -0.171. The maximum atomic E-state index is 11.0. The van der Waals surface area contributed by atoms with E-state index >= 15 is 0 Å². The van der Waals surface area contributed by atoms with Crippen LogP contribution in [0.4, 0.5) is 0 Å². The minimum Gasteiger partial charge on any atom is -0.479 e. The van der Waals surface area contributed by atoms with Gasteiger partial charge in [0.15, 0.2) is 5.60 Å². The normalized spacial score (nSPS) is 23.8. The van der Waals surface area contributed by atoms with Crippen molar-refractivity contribution < 1.29 is 19.4 Å². The average molecular weight is 188 g/mol. The molecule has 4 nitrogen and oxygen atoms in total. The number of carboxylic acids is 1. The largest absolute Gasteiger partial charge is 0.479 e. The number of carboxylic acid groups (broad SMARTS) is 1. The van der Waals surface area contributed by atoms with Crippen molar-refractivity contribution in [3.63, 3.8) is 0 Å². The van der Waals surface area contributed by atoms with Crippen LogP contribution in [0, 0.1) is 5.92 Å². The van der Waals surface area contributed by atoms with E-state index in [1.54, 1.807) is 6.92 Å². The molecular formula is C9H16O4. The lowest BCUT2D eigenvalue weighted by atomic mass is 9.83. The SMILES string of the molecule is COC(C)(C(=O)O)C1CCOCC1. The van der Waals surface area contributed by atoms with Crippen LogP contribution < -0.4 is 0 Å². The predicted molar refractivity (Wildman–Crippen MR) is 46.6 cm³/mol. The Balaban J connectivity index is 2.68. The Bertz CT molecular complexity index is 186. The van der Waals surface area contributed by atoms with Gasteiger partial charge in [0.25, 0.3) is 0 Å². The zero-order valence-corrected chi connectivity index (χ0v) is 8.08. The van der Waals surface area contributed by atoms with E-state index in [-0.39, 0.29) is 5.92 Å². The third-order valence-electron chi connectivity index (χ3n) is 2.85. The summed E-state index contributed by atoms with van der Waals surface area (Å²) < 4.78 is 10.3. The molecule has 0 aromatic carbocycles. The van der Waals surface area contributed by atoms with Gasteiger partial charge in [-0.05, 0) is 19.8 Å². The maximum absolute atomic E-state index is 11.0. The lowest BCUT2D eigenvalue weighted by Gasteiger charge is -2.34. The molecule has 13 heavy (non-hydrogen) atoms. The Morgan fingerprint density at radius 1 is 1.54 bits per heavy atom. The molecule has 1 atom stereocenters. The maximum Gasteiger partial charge on any atom is 0.335 e. The Morgan fingerprint density at radius 3 is 2.46 bits per heavy atom. The molecule has 0 saturated carbocycles. The van der Waals surface area contributed by atoms with E-state index in [9.17, 15) is 4.79 Å². The van der Waals surface area contributed by atoms with Gasteiger partial charge in [-0.2, -0.15) is 0 Å². The molecule has 1 N–H and O–H groups in total. The Labute approximate surface area is 77.8 Å². The molecule has 0 radical (unpaired) electrons. The highest BCUT2D eigenvalue weighted by molar-refractivity contribution is 5.77. The zero-order valence-electron chi connectivity index (χ0n) is 8.08. The number of rotatable bonds is 3. The third-order valence-corrected chi connectivity index (χ3v) is 2.85. The van der Waals surface area contributed by atoms with Crippen molar-refractivity contribution in [2.75, 3.05) is 20.3 Å². The quantitative estimate of drug-likeness (QED) is 0.715. The number of hydrogen-bond donors (Lipinski definition) is 1. The van der Waals surface area contributed by atoms with Gasteiger partial charge < -0.3 is 14.6 Å². The van der Waals surface area contributed by atoms with E-state index in [0.29, 0.717) is 13.2 Å². The molecule has 1 saturated heterocycles. The smallest absolute Gasteiger partial charge is 0.335 e. The zero-order chi connectivity index (χ0) is 9.90. The summed E-state index contributed by atoms with van der Waals surface area (Å²) in [5.41, 5.74) is -1.05. The molecule has 1 aliphatic heterocycles. The van der Waals surface area contributed by atoms with Crippen LogP contribution in [-0.4, -0.2) is 37.0 Å². The highest BCUT2D eigenvalue weighted by Crippen LogP contribution is 2.30. The molecule has 1 heterocycles. The van der Waals surface area contributed by atoms with Gasteiger partial charge in [-0.15, -0.1) is 0 Å². The summed E-state index contributed by atoms with van der Waals surface area (Å²) in [6.45, 7) is 2.90. The van der Waals surface area contributed by atoms with Gasteiger partial charge in [0.2, 0.25) is 0 Å². The van der Waals surface area contributed by atoms with E-state index in [2.05, 4.69) is 0 Å². The van der Waals surface area contributed by atoms with Gasteiger partial charge in [0.1, 0.15) is 0 Å². The fourth-order valence-corrected chi connectivity index (χ4v) is 1.68. The molecule has 1 unspecified atom stereocenters. The second kappa shape index (κ2) is 4.07. The van der Waals surface area contributed by atoms with Gasteiger partial charge in [-0.1, -0.05) is 0 Å². The number of hydrogen-bond acceptors (Lipinski definition) is 3. The monoisotopic (exact) mass is 188 g/mol. The van der Waals surface area contributed by atoms with Crippen LogP contribution in [-0.2, 0) is 14.3 Å². The van der Waals surface area contributed by atoms with Crippen molar-refractivity contribution in [3.05, 3.63) is 0 Å². The van der Waals surface area contributed by atoms with E-state index < -0.39 is 11.6 Å². The fraction of sp³-hybridized carbons (Fsp3) is 0.889.